The second-order valence-corrected chi connectivity index (χ2v) is 6.10. The number of amides is 1. The molecule has 0 saturated heterocycles. The Morgan fingerprint density at radius 2 is 1.79 bits per heavy atom. The first-order chi connectivity index (χ1) is 13.7. The number of ether oxygens (including phenoxy) is 2. The van der Waals surface area contributed by atoms with Crippen LogP contribution in [0.1, 0.15) is 5.69 Å². The van der Waals surface area contributed by atoms with Gasteiger partial charge >= 0.3 is 6.09 Å². The lowest BCUT2D eigenvalue weighted by atomic mass is 10.1. The number of nitrogens with zero attached hydrogens (tertiary/aromatic N) is 2. The summed E-state index contributed by atoms with van der Waals surface area (Å²) < 4.78 is 11.0. The van der Waals surface area contributed by atoms with Crippen molar-refractivity contribution in [2.45, 2.75) is 6.92 Å². The van der Waals surface area contributed by atoms with E-state index in [-0.39, 0.29) is 0 Å². The zero-order valence-electron chi connectivity index (χ0n) is 15.1. The monoisotopic (exact) mass is 371 g/mol. The molecule has 0 fully saturated rings. The van der Waals surface area contributed by atoms with Crippen molar-refractivity contribution < 1.29 is 14.3 Å². The molecule has 4 rings (SSSR count). The number of rotatable bonds is 4. The Kier molecular flexibility index (Phi) is 4.84. The van der Waals surface area contributed by atoms with Crippen molar-refractivity contribution in [3.05, 3.63) is 84.8 Å². The average Bonchev–Trinajstić information content (AvgIpc) is 2.71. The number of anilines is 1. The number of hydrogen-bond donors (Lipinski definition) is 1. The van der Waals surface area contributed by atoms with E-state index in [1.165, 1.54) is 6.20 Å². The fourth-order valence-electron chi connectivity index (χ4n) is 2.69. The third kappa shape index (κ3) is 4.07. The van der Waals surface area contributed by atoms with Crippen molar-refractivity contribution in [3.63, 3.8) is 0 Å². The van der Waals surface area contributed by atoms with Crippen molar-refractivity contribution >= 4 is 22.6 Å². The number of carbonyl (C=O) groups excluding carboxylic acids is 1. The van der Waals surface area contributed by atoms with Crippen LogP contribution in [0.25, 0.3) is 10.8 Å². The third-order valence-electron chi connectivity index (χ3n) is 4.09. The summed E-state index contributed by atoms with van der Waals surface area (Å²) >= 11 is 0. The van der Waals surface area contributed by atoms with Crippen LogP contribution in [0.4, 0.5) is 10.5 Å². The van der Waals surface area contributed by atoms with Gasteiger partial charge in [0.25, 0.3) is 0 Å². The first kappa shape index (κ1) is 17.5. The van der Waals surface area contributed by atoms with E-state index in [9.17, 15) is 4.79 Å². The van der Waals surface area contributed by atoms with Crippen LogP contribution in [0, 0.1) is 6.92 Å². The maximum absolute atomic E-state index is 12.1. The molecule has 6 heteroatoms. The number of fused-ring (bicyclic) bond motifs is 1. The van der Waals surface area contributed by atoms with Crippen molar-refractivity contribution in [1.82, 2.24) is 9.97 Å². The van der Waals surface area contributed by atoms with Crippen LogP contribution in [0.3, 0.4) is 0 Å². The van der Waals surface area contributed by atoms with Gasteiger partial charge in [0.05, 0.1) is 17.6 Å². The molecule has 6 nitrogen and oxygen atoms in total. The second-order valence-electron chi connectivity index (χ2n) is 6.10. The zero-order valence-corrected chi connectivity index (χ0v) is 15.1. The molecule has 0 aliphatic carbocycles. The highest BCUT2D eigenvalue weighted by atomic mass is 16.6. The van der Waals surface area contributed by atoms with Gasteiger partial charge in [-0.2, -0.15) is 0 Å². The molecule has 1 N–H and O–H groups in total. The van der Waals surface area contributed by atoms with Gasteiger partial charge in [0, 0.05) is 12.3 Å². The van der Waals surface area contributed by atoms with E-state index in [0.29, 0.717) is 23.1 Å². The number of aryl methyl sites for hydroxylation is 1. The predicted molar refractivity (Wildman–Crippen MR) is 107 cm³/mol. The normalized spacial score (nSPS) is 10.5. The Bertz CT molecular complexity index is 1130. The Hall–Kier alpha value is -3.93. The molecular weight excluding hydrogens is 354 g/mol. The SMILES string of the molecule is Cc1ncccc1Oc1ccc(NC(=O)Oc2ccc3ccccc3c2)cn1. The molecule has 2 heterocycles. The van der Waals surface area contributed by atoms with Gasteiger partial charge in [-0.05, 0) is 48.0 Å². The Morgan fingerprint density at radius 1 is 0.929 bits per heavy atom. The van der Waals surface area contributed by atoms with Gasteiger partial charge in [0.1, 0.15) is 5.75 Å². The second kappa shape index (κ2) is 7.75. The van der Waals surface area contributed by atoms with Gasteiger partial charge < -0.3 is 9.47 Å². The molecule has 0 aliphatic rings. The highest BCUT2D eigenvalue weighted by Gasteiger charge is 2.08. The van der Waals surface area contributed by atoms with Gasteiger partial charge in [0.15, 0.2) is 5.75 Å². The molecule has 0 radical (unpaired) electrons. The maximum atomic E-state index is 12.1. The summed E-state index contributed by atoms with van der Waals surface area (Å²) in [6, 6.07) is 20.3. The first-order valence-electron chi connectivity index (χ1n) is 8.70. The number of hydrogen-bond acceptors (Lipinski definition) is 5. The molecule has 0 bridgehead atoms. The van der Waals surface area contributed by atoms with Crippen molar-refractivity contribution in [1.29, 1.82) is 0 Å². The molecule has 0 aliphatic heterocycles. The van der Waals surface area contributed by atoms with Crippen LogP contribution in [0.2, 0.25) is 0 Å². The minimum atomic E-state index is -0.589. The minimum Gasteiger partial charge on any atom is -0.437 e. The molecule has 138 valence electrons. The Labute approximate surface area is 161 Å². The lowest BCUT2D eigenvalue weighted by molar-refractivity contribution is 0.215. The topological polar surface area (TPSA) is 73.3 Å². The fourth-order valence-corrected chi connectivity index (χ4v) is 2.69. The average molecular weight is 371 g/mol. The largest absolute Gasteiger partial charge is 0.437 e. The highest BCUT2D eigenvalue weighted by molar-refractivity contribution is 5.88. The third-order valence-corrected chi connectivity index (χ3v) is 4.09. The molecule has 2 aromatic carbocycles. The van der Waals surface area contributed by atoms with Crippen molar-refractivity contribution in [3.8, 4) is 17.4 Å². The van der Waals surface area contributed by atoms with Crippen molar-refractivity contribution in [2.75, 3.05) is 5.32 Å². The molecule has 0 spiro atoms. The summed E-state index contributed by atoms with van der Waals surface area (Å²) in [5.41, 5.74) is 1.27. The first-order valence-corrected chi connectivity index (χ1v) is 8.70. The Balaban J connectivity index is 1.39. The van der Waals surface area contributed by atoms with Crippen LogP contribution in [0.15, 0.2) is 79.1 Å². The van der Waals surface area contributed by atoms with Gasteiger partial charge in [-0.15, -0.1) is 0 Å². The molecule has 0 atom stereocenters. The molecule has 0 saturated carbocycles. The summed E-state index contributed by atoms with van der Waals surface area (Å²) in [7, 11) is 0. The quantitative estimate of drug-likeness (QED) is 0.524. The van der Waals surface area contributed by atoms with Gasteiger partial charge in [0.2, 0.25) is 5.88 Å². The van der Waals surface area contributed by atoms with E-state index in [0.717, 1.165) is 16.5 Å². The predicted octanol–water partition coefficient (Wildman–Crippen LogP) is 5.34. The molecule has 1 amide bonds. The molecular formula is C22H17N3O3. The minimum absolute atomic E-state index is 0.407. The van der Waals surface area contributed by atoms with Gasteiger partial charge in [-0.25, -0.2) is 9.78 Å². The maximum Gasteiger partial charge on any atom is 0.417 e. The van der Waals surface area contributed by atoms with E-state index in [2.05, 4.69) is 15.3 Å². The fraction of sp³-hybridized carbons (Fsp3) is 0.0455. The standard InChI is InChI=1S/C22H17N3O3/c1-15-20(7-4-12-23-15)28-21-11-9-18(14-24-21)25-22(26)27-19-10-8-16-5-2-3-6-17(16)13-19/h2-14H,1H3,(H,25,26). The summed E-state index contributed by atoms with van der Waals surface area (Å²) in [6.07, 6.45) is 2.61. The van der Waals surface area contributed by atoms with Crippen LogP contribution in [-0.2, 0) is 0 Å². The molecule has 4 aromatic rings. The summed E-state index contributed by atoms with van der Waals surface area (Å²) in [5, 5.41) is 4.73. The lowest BCUT2D eigenvalue weighted by Crippen LogP contribution is -2.16. The number of carbonyl (C=O) groups is 1. The number of pyridine rings is 2. The number of benzene rings is 2. The smallest absolute Gasteiger partial charge is 0.417 e. The molecule has 2 aromatic heterocycles. The van der Waals surface area contributed by atoms with Crippen LogP contribution in [-0.4, -0.2) is 16.1 Å². The van der Waals surface area contributed by atoms with E-state index in [4.69, 9.17) is 9.47 Å². The Morgan fingerprint density at radius 3 is 2.57 bits per heavy atom. The van der Waals surface area contributed by atoms with E-state index in [1.807, 2.05) is 49.4 Å². The summed E-state index contributed by atoms with van der Waals surface area (Å²) in [6.45, 7) is 1.86. The van der Waals surface area contributed by atoms with Crippen molar-refractivity contribution in [2.24, 2.45) is 0 Å². The van der Waals surface area contributed by atoms with Gasteiger partial charge in [-0.3, -0.25) is 10.3 Å². The lowest BCUT2D eigenvalue weighted by Gasteiger charge is -2.09. The number of aromatic nitrogens is 2. The number of nitrogens with one attached hydrogen (secondary N) is 1. The van der Waals surface area contributed by atoms with E-state index in [1.54, 1.807) is 30.5 Å². The van der Waals surface area contributed by atoms with Gasteiger partial charge in [-0.1, -0.05) is 30.3 Å². The highest BCUT2D eigenvalue weighted by Crippen LogP contribution is 2.23. The van der Waals surface area contributed by atoms with Crippen LogP contribution >= 0.6 is 0 Å². The van der Waals surface area contributed by atoms with Crippen LogP contribution < -0.4 is 14.8 Å². The summed E-state index contributed by atoms with van der Waals surface area (Å²) in [5.74, 6) is 1.51. The van der Waals surface area contributed by atoms with Crippen LogP contribution in [0.5, 0.6) is 17.4 Å². The molecule has 28 heavy (non-hydrogen) atoms. The summed E-state index contributed by atoms with van der Waals surface area (Å²) in [4.78, 5) is 20.5. The van der Waals surface area contributed by atoms with E-state index < -0.39 is 6.09 Å². The zero-order chi connectivity index (χ0) is 19.3. The van der Waals surface area contributed by atoms with E-state index >= 15 is 0 Å². The molecule has 0 unspecified atom stereocenters.